The Morgan fingerprint density at radius 1 is 1.14 bits per heavy atom. The standard InChI is InChI=1S/C25H24ClN5O4/c1-34-21-8-6-17(13-22(21)35-2)7-9-23(32)27-10-11-31-24-20(14-29-31)25(33)30(16-28-24)15-18-4-3-5-19(26)12-18/h3-9,12-14,16H,10-11,15H2,1-2H3,(H,27,32)/b9-7-. The minimum absolute atomic E-state index is 0.192. The molecule has 180 valence electrons. The highest BCUT2D eigenvalue weighted by molar-refractivity contribution is 6.30. The summed E-state index contributed by atoms with van der Waals surface area (Å²) in [5.41, 5.74) is 1.97. The van der Waals surface area contributed by atoms with E-state index in [0.717, 1.165) is 11.1 Å². The normalized spacial score (nSPS) is 11.2. The molecule has 0 aliphatic rings. The lowest BCUT2D eigenvalue weighted by Gasteiger charge is -2.08. The number of nitrogens with zero attached hydrogens (tertiary/aromatic N) is 4. The lowest BCUT2D eigenvalue weighted by molar-refractivity contribution is -0.116. The van der Waals surface area contributed by atoms with Crippen molar-refractivity contribution in [3.05, 3.63) is 87.6 Å². The van der Waals surface area contributed by atoms with Crippen molar-refractivity contribution in [2.24, 2.45) is 0 Å². The van der Waals surface area contributed by atoms with E-state index in [1.165, 1.54) is 23.2 Å². The third kappa shape index (κ3) is 5.70. The van der Waals surface area contributed by atoms with E-state index in [1.807, 2.05) is 24.3 Å². The number of fused-ring (bicyclic) bond motifs is 1. The largest absolute Gasteiger partial charge is 0.493 e. The van der Waals surface area contributed by atoms with Gasteiger partial charge in [0.25, 0.3) is 5.56 Å². The molecular formula is C25H24ClN5O4. The number of nitrogens with one attached hydrogen (secondary N) is 1. The second-order valence-electron chi connectivity index (χ2n) is 7.65. The first-order valence-corrected chi connectivity index (χ1v) is 11.2. The number of hydrogen-bond acceptors (Lipinski definition) is 6. The van der Waals surface area contributed by atoms with Gasteiger partial charge in [0.1, 0.15) is 11.7 Å². The Labute approximate surface area is 206 Å². The van der Waals surface area contributed by atoms with Crippen LogP contribution in [-0.4, -0.2) is 46.0 Å². The molecule has 35 heavy (non-hydrogen) atoms. The van der Waals surface area contributed by atoms with Crippen LogP contribution in [-0.2, 0) is 17.9 Å². The smallest absolute Gasteiger partial charge is 0.264 e. The molecule has 0 unspecified atom stereocenters. The van der Waals surface area contributed by atoms with E-state index >= 15 is 0 Å². The molecule has 0 aliphatic heterocycles. The molecule has 0 saturated carbocycles. The zero-order valence-electron chi connectivity index (χ0n) is 19.3. The number of hydrogen-bond donors (Lipinski definition) is 1. The summed E-state index contributed by atoms with van der Waals surface area (Å²) < 4.78 is 13.6. The maximum Gasteiger partial charge on any atom is 0.264 e. The van der Waals surface area contributed by atoms with Gasteiger partial charge >= 0.3 is 0 Å². The predicted octanol–water partition coefficient (Wildman–Crippen LogP) is 3.14. The molecule has 1 N–H and O–H groups in total. The number of ether oxygens (including phenoxy) is 2. The van der Waals surface area contributed by atoms with E-state index in [-0.39, 0.29) is 11.5 Å². The van der Waals surface area contributed by atoms with Crippen LogP contribution in [0.4, 0.5) is 0 Å². The van der Waals surface area contributed by atoms with Crippen molar-refractivity contribution in [1.29, 1.82) is 0 Å². The molecule has 0 fully saturated rings. The fraction of sp³-hybridized carbons (Fsp3) is 0.200. The Bertz CT molecular complexity index is 1440. The second kappa shape index (κ2) is 10.9. The van der Waals surface area contributed by atoms with Crippen molar-refractivity contribution < 1.29 is 14.3 Å². The molecule has 4 aromatic rings. The van der Waals surface area contributed by atoms with Crippen molar-refractivity contribution in [2.75, 3.05) is 20.8 Å². The number of carbonyl (C=O) groups is 1. The molecule has 9 nitrogen and oxygen atoms in total. The first-order valence-electron chi connectivity index (χ1n) is 10.8. The number of rotatable bonds is 9. The lowest BCUT2D eigenvalue weighted by Crippen LogP contribution is -2.26. The Morgan fingerprint density at radius 2 is 1.97 bits per heavy atom. The van der Waals surface area contributed by atoms with Crippen molar-refractivity contribution in [2.45, 2.75) is 13.1 Å². The highest BCUT2D eigenvalue weighted by Gasteiger charge is 2.11. The topological polar surface area (TPSA) is 100 Å². The number of carbonyl (C=O) groups excluding carboxylic acids is 1. The fourth-order valence-corrected chi connectivity index (χ4v) is 3.79. The van der Waals surface area contributed by atoms with Gasteiger partial charge in [0, 0.05) is 17.6 Å². The molecule has 4 rings (SSSR count). The highest BCUT2D eigenvalue weighted by atomic mass is 35.5. The number of methoxy groups -OCH3 is 2. The summed E-state index contributed by atoms with van der Waals surface area (Å²) in [5, 5.41) is 8.09. The molecule has 2 aromatic carbocycles. The first-order chi connectivity index (χ1) is 17.0. The Hall–Kier alpha value is -4.11. The van der Waals surface area contributed by atoms with Crippen LogP contribution in [0.1, 0.15) is 11.1 Å². The van der Waals surface area contributed by atoms with Gasteiger partial charge in [-0.2, -0.15) is 5.10 Å². The number of halogens is 1. The molecule has 1 amide bonds. The second-order valence-corrected chi connectivity index (χ2v) is 8.09. The lowest BCUT2D eigenvalue weighted by atomic mass is 10.2. The van der Waals surface area contributed by atoms with Crippen LogP contribution >= 0.6 is 11.6 Å². The third-order valence-corrected chi connectivity index (χ3v) is 5.56. The summed E-state index contributed by atoms with van der Waals surface area (Å²) in [6.07, 6.45) is 6.12. The molecule has 0 bridgehead atoms. The van der Waals surface area contributed by atoms with E-state index in [0.29, 0.717) is 47.2 Å². The maximum atomic E-state index is 12.9. The fourth-order valence-electron chi connectivity index (χ4n) is 3.58. The number of amides is 1. The molecule has 2 aromatic heterocycles. The molecule has 0 spiro atoms. The van der Waals surface area contributed by atoms with Gasteiger partial charge in [-0.25, -0.2) is 9.67 Å². The predicted molar refractivity (Wildman–Crippen MR) is 134 cm³/mol. The summed E-state index contributed by atoms with van der Waals surface area (Å²) in [7, 11) is 3.12. The van der Waals surface area contributed by atoms with Gasteiger partial charge in [0.15, 0.2) is 17.1 Å². The van der Waals surface area contributed by atoms with Crippen LogP contribution in [0.2, 0.25) is 5.02 Å². The van der Waals surface area contributed by atoms with E-state index in [4.69, 9.17) is 21.1 Å². The van der Waals surface area contributed by atoms with E-state index in [9.17, 15) is 9.59 Å². The Kier molecular flexibility index (Phi) is 7.47. The third-order valence-electron chi connectivity index (χ3n) is 5.32. The summed E-state index contributed by atoms with van der Waals surface area (Å²) in [6, 6.07) is 12.7. The van der Waals surface area contributed by atoms with Crippen LogP contribution in [0.25, 0.3) is 17.1 Å². The summed E-state index contributed by atoms with van der Waals surface area (Å²) >= 11 is 6.03. The molecule has 0 saturated heterocycles. The average Bonchev–Trinajstić information content (AvgIpc) is 3.28. The van der Waals surface area contributed by atoms with E-state index < -0.39 is 0 Å². The van der Waals surface area contributed by atoms with Gasteiger partial charge in [0.05, 0.1) is 33.5 Å². The quantitative estimate of drug-likeness (QED) is 0.359. The Balaban J connectivity index is 1.37. The van der Waals surface area contributed by atoms with Crippen molar-refractivity contribution in [3.8, 4) is 11.5 Å². The van der Waals surface area contributed by atoms with Crippen LogP contribution in [0, 0.1) is 0 Å². The molecule has 0 atom stereocenters. The van der Waals surface area contributed by atoms with Crippen LogP contribution in [0.3, 0.4) is 0 Å². The van der Waals surface area contributed by atoms with Crippen LogP contribution in [0.5, 0.6) is 11.5 Å². The van der Waals surface area contributed by atoms with Crippen LogP contribution < -0.4 is 20.3 Å². The number of benzene rings is 2. The minimum Gasteiger partial charge on any atom is -0.493 e. The van der Waals surface area contributed by atoms with Gasteiger partial charge in [0.2, 0.25) is 5.91 Å². The zero-order chi connectivity index (χ0) is 24.8. The van der Waals surface area contributed by atoms with Crippen molar-refractivity contribution in [1.82, 2.24) is 24.6 Å². The minimum atomic E-state index is -0.256. The van der Waals surface area contributed by atoms with Gasteiger partial charge in [-0.05, 0) is 41.5 Å². The SMILES string of the molecule is COc1ccc(/C=C\C(=O)NCCn2ncc3c(=O)n(Cc4cccc(Cl)c4)cnc32)cc1OC. The summed E-state index contributed by atoms with van der Waals surface area (Å²) in [6.45, 7) is 1.04. The molecule has 0 radical (unpaired) electrons. The summed E-state index contributed by atoms with van der Waals surface area (Å²) in [4.78, 5) is 29.5. The van der Waals surface area contributed by atoms with Gasteiger partial charge in [-0.15, -0.1) is 0 Å². The molecule has 2 heterocycles. The van der Waals surface area contributed by atoms with Crippen molar-refractivity contribution in [3.63, 3.8) is 0 Å². The molecular weight excluding hydrogens is 470 g/mol. The van der Waals surface area contributed by atoms with Crippen LogP contribution in [0.15, 0.2) is 65.9 Å². The van der Waals surface area contributed by atoms with Gasteiger partial charge in [-0.1, -0.05) is 29.8 Å². The summed E-state index contributed by atoms with van der Waals surface area (Å²) in [5.74, 6) is 0.943. The number of aromatic nitrogens is 4. The molecule has 0 aliphatic carbocycles. The van der Waals surface area contributed by atoms with Gasteiger partial charge < -0.3 is 14.8 Å². The highest BCUT2D eigenvalue weighted by Crippen LogP contribution is 2.27. The zero-order valence-corrected chi connectivity index (χ0v) is 20.0. The maximum absolute atomic E-state index is 12.9. The van der Waals surface area contributed by atoms with E-state index in [2.05, 4.69) is 15.4 Å². The average molecular weight is 494 g/mol. The van der Waals surface area contributed by atoms with Gasteiger partial charge in [-0.3, -0.25) is 14.2 Å². The monoisotopic (exact) mass is 493 g/mol. The van der Waals surface area contributed by atoms with Crippen molar-refractivity contribution >= 4 is 34.6 Å². The van der Waals surface area contributed by atoms with E-state index in [1.54, 1.807) is 43.2 Å². The Morgan fingerprint density at radius 3 is 2.74 bits per heavy atom. The first kappa shape index (κ1) is 24.0. The molecule has 10 heteroatoms.